The van der Waals surface area contributed by atoms with Crippen molar-refractivity contribution in [2.75, 3.05) is 25.0 Å². The van der Waals surface area contributed by atoms with E-state index in [0.29, 0.717) is 24.9 Å². The van der Waals surface area contributed by atoms with E-state index in [0.717, 1.165) is 5.69 Å². The zero-order valence-corrected chi connectivity index (χ0v) is 15.4. The lowest BCUT2D eigenvalue weighted by Crippen LogP contribution is -2.42. The number of amides is 1. The van der Waals surface area contributed by atoms with Crippen LogP contribution in [0.1, 0.15) is 23.2 Å². The molecule has 1 aliphatic heterocycles. The van der Waals surface area contributed by atoms with Gasteiger partial charge in [-0.05, 0) is 43.2 Å². The first-order valence-corrected chi connectivity index (χ1v) is 9.95. The van der Waals surface area contributed by atoms with Gasteiger partial charge < -0.3 is 10.0 Å². The van der Waals surface area contributed by atoms with Crippen LogP contribution in [0.15, 0.2) is 59.5 Å². The van der Waals surface area contributed by atoms with Gasteiger partial charge in [-0.15, -0.1) is 0 Å². The van der Waals surface area contributed by atoms with Crippen molar-refractivity contribution in [3.63, 3.8) is 0 Å². The van der Waals surface area contributed by atoms with Crippen LogP contribution in [0, 0.1) is 0 Å². The highest BCUT2D eigenvalue weighted by atomic mass is 32.2. The summed E-state index contributed by atoms with van der Waals surface area (Å²) in [6, 6.07) is 15.2. The lowest BCUT2D eigenvalue weighted by atomic mass is 10.1. The molecule has 6 nitrogen and oxygen atoms in total. The maximum Gasteiger partial charge on any atom is 0.258 e. The molecule has 0 saturated carbocycles. The number of para-hydroxylation sites is 1. The molecule has 0 aliphatic carbocycles. The summed E-state index contributed by atoms with van der Waals surface area (Å²) < 4.78 is 27.0. The summed E-state index contributed by atoms with van der Waals surface area (Å²) in [5, 5.41) is 9.76. The smallest absolute Gasteiger partial charge is 0.258 e. The number of aliphatic hydroxyl groups is 1. The van der Waals surface area contributed by atoms with E-state index in [9.17, 15) is 18.3 Å². The summed E-state index contributed by atoms with van der Waals surface area (Å²) in [5.41, 5.74) is 1.03. The van der Waals surface area contributed by atoms with Crippen molar-refractivity contribution in [2.24, 2.45) is 0 Å². The van der Waals surface area contributed by atoms with E-state index in [2.05, 4.69) is 0 Å². The first-order chi connectivity index (χ1) is 12.4. The van der Waals surface area contributed by atoms with Gasteiger partial charge in [0.15, 0.2) is 0 Å². The van der Waals surface area contributed by atoms with Gasteiger partial charge in [0.1, 0.15) is 0 Å². The monoisotopic (exact) mass is 374 g/mol. The molecule has 0 radical (unpaired) electrons. The zero-order chi connectivity index (χ0) is 18.7. The fourth-order valence-corrected chi connectivity index (χ4v) is 4.60. The number of hydrogen-bond donors (Lipinski definition) is 1. The molecule has 0 bridgehead atoms. The van der Waals surface area contributed by atoms with E-state index in [-0.39, 0.29) is 17.3 Å². The van der Waals surface area contributed by atoms with Gasteiger partial charge >= 0.3 is 0 Å². The van der Waals surface area contributed by atoms with Crippen molar-refractivity contribution in [3.8, 4) is 0 Å². The van der Waals surface area contributed by atoms with Crippen molar-refractivity contribution in [1.82, 2.24) is 4.31 Å². The number of piperidine rings is 1. The van der Waals surface area contributed by atoms with E-state index < -0.39 is 16.1 Å². The highest BCUT2D eigenvalue weighted by Crippen LogP contribution is 2.23. The van der Waals surface area contributed by atoms with E-state index in [1.54, 1.807) is 19.2 Å². The Morgan fingerprint density at radius 1 is 1.15 bits per heavy atom. The number of carbonyl (C=O) groups is 1. The molecule has 0 spiro atoms. The SMILES string of the molecule is CN(C(=O)c1cccc(S(=O)(=O)N2CCC[C@@H](O)C2)c1)c1ccccc1. The minimum Gasteiger partial charge on any atom is -0.392 e. The average molecular weight is 374 g/mol. The number of sulfonamides is 1. The molecule has 1 saturated heterocycles. The quantitative estimate of drug-likeness (QED) is 0.889. The van der Waals surface area contributed by atoms with Crippen LogP contribution in [0.5, 0.6) is 0 Å². The molecule has 2 aromatic rings. The highest BCUT2D eigenvalue weighted by Gasteiger charge is 2.30. The fraction of sp³-hybridized carbons (Fsp3) is 0.316. The molecule has 1 heterocycles. The van der Waals surface area contributed by atoms with Crippen LogP contribution in [-0.4, -0.2) is 50.0 Å². The standard InChI is InChI=1S/C19H22N2O4S/c1-20(16-8-3-2-4-9-16)19(23)15-7-5-11-18(13-15)26(24,25)21-12-6-10-17(22)14-21/h2-5,7-9,11,13,17,22H,6,10,12,14H2,1H3/t17-/m1/s1. The van der Waals surface area contributed by atoms with Crippen molar-refractivity contribution >= 4 is 21.6 Å². The molecule has 1 atom stereocenters. The summed E-state index contributed by atoms with van der Waals surface area (Å²) >= 11 is 0. The van der Waals surface area contributed by atoms with E-state index >= 15 is 0 Å². The predicted molar refractivity (Wildman–Crippen MR) is 99.6 cm³/mol. The molecule has 0 aromatic heterocycles. The molecule has 1 amide bonds. The molecule has 1 fully saturated rings. The number of hydrogen-bond acceptors (Lipinski definition) is 4. The molecule has 1 aliphatic rings. The average Bonchev–Trinajstić information content (AvgIpc) is 2.67. The number of nitrogens with zero attached hydrogens (tertiary/aromatic N) is 2. The molecule has 3 rings (SSSR count). The number of carbonyl (C=O) groups excluding carboxylic acids is 1. The first kappa shape index (κ1) is 18.6. The predicted octanol–water partition coefficient (Wildman–Crippen LogP) is 2.11. The minimum absolute atomic E-state index is 0.0684. The Hall–Kier alpha value is -2.22. The molecule has 1 N–H and O–H groups in total. The minimum atomic E-state index is -3.74. The van der Waals surface area contributed by atoms with Gasteiger partial charge in [0.2, 0.25) is 10.0 Å². The summed E-state index contributed by atoms with van der Waals surface area (Å²) in [4.78, 5) is 14.3. The topological polar surface area (TPSA) is 77.9 Å². The van der Waals surface area contributed by atoms with Crippen LogP contribution in [0.3, 0.4) is 0 Å². The van der Waals surface area contributed by atoms with E-state index in [1.165, 1.54) is 21.3 Å². The third kappa shape index (κ3) is 3.80. The Balaban J connectivity index is 1.87. The Morgan fingerprint density at radius 2 is 1.88 bits per heavy atom. The Labute approximate surface area is 153 Å². The fourth-order valence-electron chi connectivity index (χ4n) is 3.04. The largest absolute Gasteiger partial charge is 0.392 e. The second-order valence-corrected chi connectivity index (χ2v) is 8.32. The molecule has 138 valence electrons. The molecule has 26 heavy (non-hydrogen) atoms. The van der Waals surface area contributed by atoms with Crippen molar-refractivity contribution in [2.45, 2.75) is 23.8 Å². The summed E-state index contributed by atoms with van der Waals surface area (Å²) in [5.74, 6) is -0.285. The zero-order valence-electron chi connectivity index (χ0n) is 14.6. The first-order valence-electron chi connectivity index (χ1n) is 8.51. The molecular formula is C19H22N2O4S. The van der Waals surface area contributed by atoms with Crippen molar-refractivity contribution < 1.29 is 18.3 Å². The molecule has 2 aromatic carbocycles. The van der Waals surface area contributed by atoms with Gasteiger partial charge in [0, 0.05) is 31.4 Å². The van der Waals surface area contributed by atoms with Gasteiger partial charge in [-0.25, -0.2) is 8.42 Å². The Bertz CT molecular complexity index is 883. The third-order valence-electron chi connectivity index (χ3n) is 4.53. The lowest BCUT2D eigenvalue weighted by molar-refractivity contribution is 0.0992. The number of anilines is 1. The van der Waals surface area contributed by atoms with Crippen LogP contribution in [0.4, 0.5) is 5.69 Å². The van der Waals surface area contributed by atoms with E-state index in [4.69, 9.17) is 0 Å². The third-order valence-corrected chi connectivity index (χ3v) is 6.39. The lowest BCUT2D eigenvalue weighted by Gasteiger charge is -2.29. The number of aliphatic hydroxyl groups excluding tert-OH is 1. The number of rotatable bonds is 4. The molecular weight excluding hydrogens is 352 g/mol. The van der Waals surface area contributed by atoms with Crippen LogP contribution in [0.25, 0.3) is 0 Å². The maximum atomic E-state index is 12.8. The van der Waals surface area contributed by atoms with Gasteiger partial charge in [0.05, 0.1) is 11.0 Å². The maximum absolute atomic E-state index is 12.8. The summed E-state index contributed by atoms with van der Waals surface area (Å²) in [6.07, 6.45) is 0.579. The normalized spacial score (nSPS) is 18.5. The van der Waals surface area contributed by atoms with Gasteiger partial charge in [-0.2, -0.15) is 4.31 Å². The van der Waals surface area contributed by atoms with Gasteiger partial charge in [0.25, 0.3) is 5.91 Å². The summed E-state index contributed by atoms with van der Waals surface area (Å²) in [6.45, 7) is 0.464. The number of β-amino-alcohol motifs (C(OH)–C–C–N with tert-alkyl or cyclic N) is 1. The Morgan fingerprint density at radius 3 is 2.58 bits per heavy atom. The van der Waals surface area contributed by atoms with Gasteiger partial charge in [-0.1, -0.05) is 24.3 Å². The van der Waals surface area contributed by atoms with Crippen molar-refractivity contribution in [3.05, 3.63) is 60.2 Å². The summed E-state index contributed by atoms with van der Waals surface area (Å²) in [7, 11) is -2.09. The molecule has 7 heteroatoms. The van der Waals surface area contributed by atoms with Gasteiger partial charge in [-0.3, -0.25) is 4.79 Å². The number of benzene rings is 2. The van der Waals surface area contributed by atoms with E-state index in [1.807, 2.05) is 30.3 Å². The second-order valence-electron chi connectivity index (χ2n) is 6.39. The van der Waals surface area contributed by atoms with Crippen LogP contribution in [-0.2, 0) is 10.0 Å². The van der Waals surface area contributed by atoms with Crippen molar-refractivity contribution in [1.29, 1.82) is 0 Å². The second kappa shape index (κ2) is 7.57. The Kier molecular flexibility index (Phi) is 5.41. The van der Waals surface area contributed by atoms with Crippen LogP contribution < -0.4 is 4.90 Å². The molecule has 0 unspecified atom stereocenters. The van der Waals surface area contributed by atoms with Crippen LogP contribution in [0.2, 0.25) is 0 Å². The highest BCUT2D eigenvalue weighted by molar-refractivity contribution is 7.89. The van der Waals surface area contributed by atoms with Crippen LogP contribution >= 0.6 is 0 Å².